The fourth-order valence-corrected chi connectivity index (χ4v) is 1.97. The fraction of sp³-hybridized carbons (Fsp3) is 0.263. The van der Waals surface area contributed by atoms with Crippen molar-refractivity contribution in [2.45, 2.75) is 20.3 Å². The predicted octanol–water partition coefficient (Wildman–Crippen LogP) is 2.59. The van der Waals surface area contributed by atoms with Gasteiger partial charge in [-0.05, 0) is 31.0 Å². The Balaban J connectivity index is 0.000000231. The first-order chi connectivity index (χ1) is 11.0. The Morgan fingerprint density at radius 3 is 1.87 bits per heavy atom. The van der Waals surface area contributed by atoms with Crippen molar-refractivity contribution >= 4 is 11.6 Å². The Bertz CT molecular complexity index is 662. The average molecular weight is 314 g/mol. The van der Waals surface area contributed by atoms with Crippen LogP contribution in [0.2, 0.25) is 0 Å². The lowest BCUT2D eigenvalue weighted by Crippen LogP contribution is -2.04. The molecule has 0 heterocycles. The average Bonchev–Trinajstić information content (AvgIpc) is 2.60. The quantitative estimate of drug-likeness (QED) is 0.832. The molecule has 0 saturated heterocycles. The van der Waals surface area contributed by atoms with Gasteiger partial charge in [0.05, 0.1) is 0 Å². The van der Waals surface area contributed by atoms with E-state index in [-0.39, 0.29) is 11.6 Å². The van der Waals surface area contributed by atoms with Crippen LogP contribution in [-0.2, 0) is 6.42 Å². The van der Waals surface area contributed by atoms with E-state index in [4.69, 9.17) is 10.2 Å². The van der Waals surface area contributed by atoms with Crippen LogP contribution in [0.25, 0.3) is 0 Å². The number of benzene rings is 2. The van der Waals surface area contributed by atoms with Gasteiger partial charge in [0.1, 0.15) is 13.2 Å². The Morgan fingerprint density at radius 2 is 1.39 bits per heavy atom. The number of aliphatic hydroxyl groups excluding tert-OH is 2. The Hall–Kier alpha value is -2.30. The summed E-state index contributed by atoms with van der Waals surface area (Å²) in [7, 11) is 0. The minimum Gasteiger partial charge on any atom is -0.388 e. The maximum atomic E-state index is 11.0. The first-order valence-electron chi connectivity index (χ1n) is 7.45. The van der Waals surface area contributed by atoms with E-state index in [1.165, 1.54) is 0 Å². The number of carbonyl (C=O) groups excluding carboxylic acids is 2. The Labute approximate surface area is 136 Å². The summed E-state index contributed by atoms with van der Waals surface area (Å²) in [6.07, 6.45) is 0.909. The first-order valence-corrected chi connectivity index (χ1v) is 7.45. The number of carbonyl (C=O) groups is 2. The van der Waals surface area contributed by atoms with Gasteiger partial charge >= 0.3 is 0 Å². The molecule has 122 valence electrons. The molecular weight excluding hydrogens is 292 g/mol. The van der Waals surface area contributed by atoms with Crippen LogP contribution < -0.4 is 0 Å². The molecule has 0 radical (unpaired) electrons. The van der Waals surface area contributed by atoms with Gasteiger partial charge in [0.2, 0.25) is 0 Å². The molecule has 0 aliphatic carbocycles. The molecule has 0 saturated carbocycles. The molecule has 2 aromatic rings. The van der Waals surface area contributed by atoms with Crippen molar-refractivity contribution < 1.29 is 19.8 Å². The highest BCUT2D eigenvalue weighted by Crippen LogP contribution is 2.06. The Morgan fingerprint density at radius 1 is 0.870 bits per heavy atom. The second-order valence-electron chi connectivity index (χ2n) is 5.09. The van der Waals surface area contributed by atoms with Gasteiger partial charge in [-0.15, -0.1) is 0 Å². The number of ketones is 2. The van der Waals surface area contributed by atoms with Crippen LogP contribution in [-0.4, -0.2) is 35.0 Å². The van der Waals surface area contributed by atoms with Gasteiger partial charge in [0, 0.05) is 11.1 Å². The van der Waals surface area contributed by atoms with E-state index in [9.17, 15) is 9.59 Å². The minimum atomic E-state index is -0.413. The highest BCUT2D eigenvalue weighted by Gasteiger charge is 2.03. The van der Waals surface area contributed by atoms with Gasteiger partial charge in [-0.1, -0.05) is 48.9 Å². The molecule has 2 rings (SSSR count). The van der Waals surface area contributed by atoms with Gasteiger partial charge in [0.15, 0.2) is 11.6 Å². The van der Waals surface area contributed by atoms with Crippen LogP contribution in [0.5, 0.6) is 0 Å². The van der Waals surface area contributed by atoms with Crippen molar-refractivity contribution in [2.75, 3.05) is 13.2 Å². The van der Waals surface area contributed by atoms with Crippen LogP contribution in [0, 0.1) is 6.92 Å². The summed E-state index contributed by atoms with van der Waals surface area (Å²) in [5.41, 5.74) is 3.32. The van der Waals surface area contributed by atoms with E-state index in [2.05, 4.69) is 0 Å². The lowest BCUT2D eigenvalue weighted by atomic mass is 10.1. The molecular formula is C19H22O4. The monoisotopic (exact) mass is 314 g/mol. The molecule has 2 N–H and O–H groups in total. The van der Waals surface area contributed by atoms with E-state index in [1.807, 2.05) is 38.1 Å². The van der Waals surface area contributed by atoms with Crippen LogP contribution in [0.15, 0.2) is 48.5 Å². The zero-order chi connectivity index (χ0) is 17.2. The number of hydrogen-bond acceptors (Lipinski definition) is 4. The smallest absolute Gasteiger partial charge is 0.188 e. The number of Topliss-reactive ketones (excluding diaryl/α,β-unsaturated/α-hetero) is 2. The third-order valence-electron chi connectivity index (χ3n) is 3.28. The van der Waals surface area contributed by atoms with Crippen LogP contribution >= 0.6 is 0 Å². The van der Waals surface area contributed by atoms with Crippen molar-refractivity contribution in [1.82, 2.24) is 0 Å². The minimum absolute atomic E-state index is 0.217. The molecule has 0 aromatic heterocycles. The van der Waals surface area contributed by atoms with Crippen molar-refractivity contribution in [3.8, 4) is 0 Å². The van der Waals surface area contributed by atoms with E-state index in [1.54, 1.807) is 24.3 Å². The summed E-state index contributed by atoms with van der Waals surface area (Å²) < 4.78 is 0. The summed E-state index contributed by atoms with van der Waals surface area (Å²) >= 11 is 0. The van der Waals surface area contributed by atoms with Crippen LogP contribution in [0.4, 0.5) is 0 Å². The number of rotatable bonds is 5. The van der Waals surface area contributed by atoms with Crippen LogP contribution in [0.1, 0.15) is 38.8 Å². The molecule has 2 aromatic carbocycles. The first kappa shape index (κ1) is 18.7. The normalized spacial score (nSPS) is 9.74. The molecule has 23 heavy (non-hydrogen) atoms. The van der Waals surface area contributed by atoms with E-state index < -0.39 is 13.2 Å². The van der Waals surface area contributed by atoms with Crippen molar-refractivity contribution in [3.63, 3.8) is 0 Å². The van der Waals surface area contributed by atoms with Gasteiger partial charge in [-0.3, -0.25) is 9.59 Å². The number of aliphatic hydroxyl groups is 2. The van der Waals surface area contributed by atoms with Gasteiger partial charge in [-0.2, -0.15) is 0 Å². The summed E-state index contributed by atoms with van der Waals surface area (Å²) in [5.74, 6) is -0.445. The van der Waals surface area contributed by atoms with E-state index in [0.717, 1.165) is 17.5 Å². The molecule has 0 aliphatic rings. The summed E-state index contributed by atoms with van der Waals surface area (Å²) in [4.78, 5) is 21.9. The lowest BCUT2D eigenvalue weighted by Gasteiger charge is -1.99. The molecule has 4 nitrogen and oxygen atoms in total. The van der Waals surface area contributed by atoms with E-state index in [0.29, 0.717) is 11.1 Å². The molecule has 4 heteroatoms. The SMILES string of the molecule is CCc1cccc(C(=O)CO)c1.Cc1cccc(C(=O)CO)c1. The van der Waals surface area contributed by atoms with Gasteiger partial charge < -0.3 is 10.2 Å². The zero-order valence-corrected chi connectivity index (χ0v) is 13.5. The van der Waals surface area contributed by atoms with E-state index >= 15 is 0 Å². The molecule has 0 unspecified atom stereocenters. The summed E-state index contributed by atoms with van der Waals surface area (Å²) in [6.45, 7) is 3.12. The summed E-state index contributed by atoms with van der Waals surface area (Å²) in [6, 6.07) is 14.5. The fourth-order valence-electron chi connectivity index (χ4n) is 1.97. The molecule has 0 spiro atoms. The molecule has 0 atom stereocenters. The molecule has 0 bridgehead atoms. The molecule has 0 aliphatic heterocycles. The van der Waals surface area contributed by atoms with Gasteiger partial charge in [0.25, 0.3) is 0 Å². The van der Waals surface area contributed by atoms with Crippen molar-refractivity contribution in [1.29, 1.82) is 0 Å². The maximum absolute atomic E-state index is 11.0. The highest BCUT2D eigenvalue weighted by molar-refractivity contribution is 5.97. The zero-order valence-electron chi connectivity index (χ0n) is 13.5. The highest BCUT2D eigenvalue weighted by atomic mass is 16.3. The lowest BCUT2D eigenvalue weighted by molar-refractivity contribution is 0.0898. The third-order valence-corrected chi connectivity index (χ3v) is 3.28. The number of aryl methyl sites for hydroxylation is 2. The van der Waals surface area contributed by atoms with Crippen LogP contribution in [0.3, 0.4) is 0 Å². The second kappa shape index (κ2) is 9.66. The topological polar surface area (TPSA) is 74.6 Å². The summed E-state index contributed by atoms with van der Waals surface area (Å²) in [5, 5.41) is 17.1. The molecule has 0 fully saturated rings. The molecule has 0 amide bonds. The predicted molar refractivity (Wildman–Crippen MR) is 89.8 cm³/mol. The second-order valence-corrected chi connectivity index (χ2v) is 5.09. The maximum Gasteiger partial charge on any atom is 0.188 e. The third kappa shape index (κ3) is 6.14. The Kier molecular flexibility index (Phi) is 7.88. The van der Waals surface area contributed by atoms with Gasteiger partial charge in [-0.25, -0.2) is 0 Å². The number of hydrogen-bond donors (Lipinski definition) is 2. The standard InChI is InChI=1S/C10H12O2.C9H10O2/c1-2-8-4-3-5-9(6-8)10(12)7-11;1-7-3-2-4-8(5-7)9(11)6-10/h3-6,11H,2,7H2,1H3;2-5,10H,6H2,1H3. The van der Waals surface area contributed by atoms with Crippen molar-refractivity contribution in [2.24, 2.45) is 0 Å². The van der Waals surface area contributed by atoms with Crippen molar-refractivity contribution in [3.05, 3.63) is 70.8 Å². The largest absolute Gasteiger partial charge is 0.388 e.